The Balaban J connectivity index is 0.000000170. The van der Waals surface area contributed by atoms with Crippen LogP contribution in [0, 0.1) is 18.6 Å². The summed E-state index contributed by atoms with van der Waals surface area (Å²) in [4.78, 5) is 141. The number of nitrogens with one attached hydrogen (secondary N) is 3. The molecule has 5 aliphatic carbocycles. The number of ether oxygens (including phenoxy) is 6. The molecule has 12 heterocycles. The Labute approximate surface area is 870 Å². The van der Waals surface area contributed by atoms with Crippen molar-refractivity contribution in [3.63, 3.8) is 0 Å². The third kappa shape index (κ3) is 36.6. The van der Waals surface area contributed by atoms with Crippen LogP contribution >= 0.6 is 58.0 Å². The zero-order chi connectivity index (χ0) is 105. The first kappa shape index (κ1) is 114. The number of rotatable bonds is 13. The summed E-state index contributed by atoms with van der Waals surface area (Å²) in [5, 5.41) is 17.9. The molecule has 778 valence electrons. The number of benzene rings is 2. The fourth-order valence-electron chi connectivity index (χ4n) is 14.9. The Bertz CT molecular complexity index is 5860. The van der Waals surface area contributed by atoms with Gasteiger partial charge in [-0.15, -0.1) is 0 Å². The van der Waals surface area contributed by atoms with Gasteiger partial charge in [-0.25, -0.2) is 52.5 Å². The number of fused-ring (bicyclic) bond motifs is 6. The number of halogens is 7. The third-order valence-corrected chi connectivity index (χ3v) is 24.4. The van der Waals surface area contributed by atoms with Crippen molar-refractivity contribution in [3.8, 4) is 0 Å². The predicted molar refractivity (Wildman–Crippen MR) is 540 cm³/mol. The number of carbonyl (C=O) groups is 9. The molecule has 8 atom stereocenters. The van der Waals surface area contributed by atoms with E-state index in [1.54, 1.807) is 52.5 Å². The van der Waals surface area contributed by atoms with E-state index in [0.717, 1.165) is 213 Å². The Morgan fingerprint density at radius 3 is 1.18 bits per heavy atom. The Morgan fingerprint density at radius 2 is 0.785 bits per heavy atom. The second-order valence-electron chi connectivity index (χ2n) is 37.6. The number of aliphatic carboxylic acids is 1. The van der Waals surface area contributed by atoms with Gasteiger partial charge in [-0.3, -0.25) is 53.9 Å². The van der Waals surface area contributed by atoms with Gasteiger partial charge in [-0.2, -0.15) is 0 Å². The number of hydrogen-bond donors (Lipinski definition) is 5. The maximum absolute atomic E-state index is 13.0. The zero-order valence-electron chi connectivity index (χ0n) is 82.8. The first-order valence-electron chi connectivity index (χ1n) is 48.0. The van der Waals surface area contributed by atoms with Crippen LogP contribution < -0.4 is 41.3 Å². The van der Waals surface area contributed by atoms with E-state index in [2.05, 4.69) is 80.2 Å². The molecule has 41 heteroatoms. The molecule has 5 saturated carbocycles. The molecule has 2 aromatic carbocycles. The molecule has 144 heavy (non-hydrogen) atoms. The van der Waals surface area contributed by atoms with Crippen LogP contribution in [0.4, 0.5) is 66.0 Å². The van der Waals surface area contributed by atoms with Gasteiger partial charge in [0.05, 0.1) is 85.4 Å². The van der Waals surface area contributed by atoms with Crippen LogP contribution in [-0.2, 0) is 90.6 Å². The number of aromatic nitrogens is 7. The average molecular weight is 2270 g/mol. The summed E-state index contributed by atoms with van der Waals surface area (Å²) in [5.41, 5.74) is 20.0. The van der Waals surface area contributed by atoms with Crippen molar-refractivity contribution in [2.24, 2.45) is 5.73 Å². The Hall–Kier alpha value is -11.5. The standard InChI is InChI=1S/C22H24FN3O3.C16H22N2O2.C15H21N3O2.C13H15ClN2O2.C9H11ClN2.C9H7ClN2.C8H15NO4.C7H4ClFO.C4H5ClO2.2O.Pt/c1-13-3-10-19-20(26(13)22(28)29-17-8-9-17)12-11-18(25-19)14(2)24-21(27)15-4-6-16(23)7-5-15;1-10(2)13-8-9-15-14(17-13)7-4-11(3)18(15)16(19)20-12-5-6-12;1-9-3-6-13-14(8-7-12(17-13)10(2)16)18(9)15(19)20-11-4-5-11;1-8-2-5-10-11(6-7-12(14)15-10)16(8)13(17)18-9-3-4-9;2*1-6-2-3-8-7(11-6)4-5-9(10)12-8;1-5(6(10)11)9-7(12)13-8(2,3)4;8-7(10)5-1-3-6(9)4-2-5;5-4(6)7-3-1-2-3;;;/h4-7,11-14,17H,3,8-10H2,1-2H3,(H,24,27);8-12H,4-7H2,1-3H3;7-11H,3-6,16H2,1-2H3;6-9H,2-5H2,1H3;4-6,11H,2-3H2,1H3;2-5H,1H3;5H,1-4H3,(H,9,12)(H,10,11);1-4H;3H,1-2H2;;;. The number of carbonyl (C=O) groups excluding carboxylic acids is 8. The molecule has 33 nitrogen and oxygen atoms in total. The van der Waals surface area contributed by atoms with Crippen LogP contribution in [0.25, 0.3) is 11.0 Å². The molecule has 0 spiro atoms. The summed E-state index contributed by atoms with van der Waals surface area (Å²) in [6, 6.07) is 36.7. The fraction of sp³-hybridized carbons (Fsp3) is 0.476. The zero-order valence-corrected chi connectivity index (χ0v) is 88.8. The number of anilines is 5. The van der Waals surface area contributed by atoms with Gasteiger partial charge >= 0.3 is 67.1 Å². The number of pyridine rings is 7. The van der Waals surface area contributed by atoms with E-state index in [-0.39, 0.29) is 109 Å². The van der Waals surface area contributed by atoms with Crippen LogP contribution in [0.1, 0.15) is 276 Å². The molecule has 9 aromatic rings. The molecular weight excluding hydrogens is 2150 g/mol. The van der Waals surface area contributed by atoms with E-state index in [4.69, 9.17) is 109 Å². The van der Waals surface area contributed by atoms with Crippen LogP contribution in [0.15, 0.2) is 133 Å². The number of nitrogens with two attached hydrogens (primary N) is 1. The molecule has 5 fully saturated rings. The second kappa shape index (κ2) is 54.1. The average Bonchev–Trinajstić information content (AvgIpc) is 1.53. The van der Waals surface area contributed by atoms with E-state index in [9.17, 15) is 51.9 Å². The van der Waals surface area contributed by atoms with Gasteiger partial charge in [0, 0.05) is 70.4 Å². The SMILES string of the molecule is CC(C)c1ccc2c(n1)CCC(C)N2C(=O)OC1CC1.CC(N)c1ccc2c(n1)CCC(C)N2C(=O)OC1CC1.CC(NC(=O)OC(C)(C)C)C(=O)O.CC(NC(=O)c1ccc(F)cc1)c1ccc2c(n1)CCC(C)N2C(=O)OC1CC1.CC1CCc2nc(Cl)ccc2N1.CC1CCc2nc(Cl)ccc2N1C(=O)OC1CC1.Cc1ccc2nc(Cl)ccc2n1.O=C(Cl)OC1CC1.O=C(Cl)c1ccc(F)cc1.[O]=[Pt]=[O]. The number of alkyl carbamates (subject to hydrolysis) is 1. The summed E-state index contributed by atoms with van der Waals surface area (Å²) in [7, 11) is 0. The summed E-state index contributed by atoms with van der Waals surface area (Å²) in [5.74, 6) is -1.73. The van der Waals surface area contributed by atoms with E-state index in [0.29, 0.717) is 44.2 Å². The van der Waals surface area contributed by atoms with Gasteiger partial charge in [0.25, 0.3) is 11.1 Å². The van der Waals surface area contributed by atoms with Gasteiger partial charge in [-0.1, -0.05) is 48.7 Å². The number of carboxylic acids is 1. The van der Waals surface area contributed by atoms with Crippen molar-refractivity contribution in [2.45, 2.75) is 316 Å². The summed E-state index contributed by atoms with van der Waals surface area (Å²) >= 11 is 25.4. The minimum absolute atomic E-state index is 0.0500. The van der Waals surface area contributed by atoms with Crippen molar-refractivity contribution >= 4 is 150 Å². The summed E-state index contributed by atoms with van der Waals surface area (Å²) in [6.45, 7) is 26.8. The van der Waals surface area contributed by atoms with Crippen LogP contribution in [0.5, 0.6) is 0 Å². The first-order valence-corrected chi connectivity index (χ1v) is 51.7. The number of amides is 6. The van der Waals surface area contributed by atoms with Gasteiger partial charge in [0.1, 0.15) is 69.3 Å². The van der Waals surface area contributed by atoms with Crippen molar-refractivity contribution in [1.29, 1.82) is 0 Å². The van der Waals surface area contributed by atoms with E-state index in [1.807, 2.05) is 107 Å². The monoisotopic (exact) mass is 2270 g/mol. The van der Waals surface area contributed by atoms with Crippen LogP contribution in [0.3, 0.4) is 0 Å². The number of hydrogen-bond acceptors (Lipinski definition) is 26. The molecular formula is C103H124Cl5F2N15O18Pt. The van der Waals surface area contributed by atoms with Gasteiger partial charge in [0.15, 0.2) is 0 Å². The van der Waals surface area contributed by atoms with Crippen molar-refractivity contribution in [2.75, 3.05) is 24.9 Å². The van der Waals surface area contributed by atoms with Crippen LogP contribution in [0.2, 0.25) is 15.5 Å². The molecule has 8 unspecified atom stereocenters. The minimum atomic E-state index is -1.92. The Kier molecular flexibility index (Phi) is 43.0. The van der Waals surface area contributed by atoms with Crippen molar-refractivity contribution < 1.29 is 111 Å². The molecule has 0 saturated heterocycles. The molecule has 10 aliphatic rings. The van der Waals surface area contributed by atoms with Gasteiger partial charge in [0.2, 0.25) is 0 Å². The third-order valence-electron chi connectivity index (χ3n) is 23.5. The molecule has 7 aromatic heterocycles. The summed E-state index contributed by atoms with van der Waals surface area (Å²) < 4.78 is 73.3. The Morgan fingerprint density at radius 1 is 0.438 bits per heavy atom. The molecule has 5 aliphatic heterocycles. The molecule has 6 amide bonds. The van der Waals surface area contributed by atoms with Crippen molar-refractivity contribution in [1.82, 2.24) is 45.5 Å². The molecule has 6 N–H and O–H groups in total. The predicted octanol–water partition coefficient (Wildman–Crippen LogP) is 23.1. The van der Waals surface area contributed by atoms with E-state index >= 15 is 0 Å². The van der Waals surface area contributed by atoms with E-state index < -0.39 is 52.9 Å². The molecule has 0 radical (unpaired) electrons. The topological polar surface area (TPSA) is 429 Å². The van der Waals surface area contributed by atoms with Crippen LogP contribution in [-0.4, -0.2) is 165 Å². The molecule has 19 rings (SSSR count). The number of aryl methyl sites for hydroxylation is 6. The second-order valence-corrected chi connectivity index (χ2v) is 39.8. The van der Waals surface area contributed by atoms with Gasteiger partial charge in [-0.05, 0) is 362 Å². The summed E-state index contributed by atoms with van der Waals surface area (Å²) in [6.07, 6.45) is 17.8. The number of nitrogens with zero attached hydrogens (tertiary/aromatic N) is 11. The maximum atomic E-state index is 13.0. The fourth-order valence-corrected chi connectivity index (χ4v) is 15.6. The quantitative estimate of drug-likeness (QED) is 0.0406. The van der Waals surface area contributed by atoms with Gasteiger partial charge < -0.3 is 55.2 Å². The normalized spacial score (nSPS) is 18.5. The first-order chi connectivity index (χ1) is 68.3. The van der Waals surface area contributed by atoms with Crippen molar-refractivity contribution in [3.05, 3.63) is 223 Å². The number of carboxylic acid groups (broad SMARTS) is 1. The van der Waals surface area contributed by atoms with E-state index in [1.165, 1.54) is 55.5 Å². The molecule has 0 bridgehead atoms.